The van der Waals surface area contributed by atoms with E-state index in [4.69, 9.17) is 14.5 Å². The lowest BCUT2D eigenvalue weighted by Gasteiger charge is -2.35. The van der Waals surface area contributed by atoms with Crippen molar-refractivity contribution in [3.8, 4) is 27.7 Å². The Labute approximate surface area is 194 Å². The Morgan fingerprint density at radius 3 is 2.82 bits per heavy atom. The van der Waals surface area contributed by atoms with Crippen LogP contribution in [0.4, 0.5) is 5.69 Å². The quantitative estimate of drug-likeness (QED) is 0.423. The molecule has 1 aliphatic heterocycles. The van der Waals surface area contributed by atoms with Crippen LogP contribution in [0.1, 0.15) is 6.92 Å². The Hall–Kier alpha value is -3.56. The molecule has 6 rings (SSSR count). The number of aromatic nitrogens is 5. The van der Waals surface area contributed by atoms with Crippen LogP contribution >= 0.6 is 11.3 Å². The van der Waals surface area contributed by atoms with Crippen LogP contribution in [0.15, 0.2) is 49.2 Å². The van der Waals surface area contributed by atoms with Crippen LogP contribution < -0.4 is 9.64 Å². The van der Waals surface area contributed by atoms with Gasteiger partial charge in [0.05, 0.1) is 42.6 Å². The van der Waals surface area contributed by atoms with Crippen LogP contribution in [-0.2, 0) is 4.74 Å². The van der Waals surface area contributed by atoms with E-state index in [9.17, 15) is 0 Å². The first-order valence-corrected chi connectivity index (χ1v) is 11.6. The van der Waals surface area contributed by atoms with Crippen molar-refractivity contribution in [2.45, 2.75) is 13.0 Å². The lowest BCUT2D eigenvalue weighted by atomic mass is 10.1. The third kappa shape index (κ3) is 3.40. The van der Waals surface area contributed by atoms with Crippen molar-refractivity contribution >= 4 is 38.1 Å². The number of ether oxygens (including phenoxy) is 2. The minimum Gasteiger partial charge on any atom is -0.467 e. The SMILES string of the molecule is COc1ncc(-c2ncc(N3CCOC[C@H]3C)c3cc(-c4ccnc5[nH]ccc45)sc23)cn1. The first-order chi connectivity index (χ1) is 16.2. The molecule has 5 aromatic rings. The van der Waals surface area contributed by atoms with Gasteiger partial charge in [0.15, 0.2) is 0 Å². The van der Waals surface area contributed by atoms with E-state index in [1.807, 2.05) is 18.6 Å². The summed E-state index contributed by atoms with van der Waals surface area (Å²) in [6.45, 7) is 4.45. The van der Waals surface area contributed by atoms with Gasteiger partial charge in [-0.2, -0.15) is 0 Å². The summed E-state index contributed by atoms with van der Waals surface area (Å²) in [6.07, 6.45) is 9.28. The molecular weight excluding hydrogens is 436 g/mol. The van der Waals surface area contributed by atoms with Gasteiger partial charge in [-0.15, -0.1) is 11.3 Å². The maximum atomic E-state index is 5.68. The van der Waals surface area contributed by atoms with Gasteiger partial charge in [-0.1, -0.05) is 0 Å². The van der Waals surface area contributed by atoms with Gasteiger partial charge < -0.3 is 19.4 Å². The number of nitrogens with zero attached hydrogens (tertiary/aromatic N) is 5. The Kier molecular flexibility index (Phi) is 4.92. The molecule has 0 radical (unpaired) electrons. The number of anilines is 1. The van der Waals surface area contributed by atoms with E-state index in [0.29, 0.717) is 19.2 Å². The second-order valence-corrected chi connectivity index (χ2v) is 9.07. The molecule has 1 saturated heterocycles. The molecule has 0 saturated carbocycles. The number of methoxy groups -OCH3 is 1. The van der Waals surface area contributed by atoms with E-state index in [2.05, 4.69) is 50.0 Å². The molecule has 0 aromatic carbocycles. The van der Waals surface area contributed by atoms with E-state index >= 15 is 0 Å². The molecule has 1 atom stereocenters. The zero-order valence-electron chi connectivity index (χ0n) is 18.3. The number of rotatable bonds is 4. The molecule has 1 aliphatic rings. The molecule has 6 heterocycles. The summed E-state index contributed by atoms with van der Waals surface area (Å²) in [4.78, 5) is 24.7. The predicted octanol–water partition coefficient (Wildman–Crippen LogP) is 4.53. The Morgan fingerprint density at radius 1 is 1.12 bits per heavy atom. The van der Waals surface area contributed by atoms with Gasteiger partial charge in [0.1, 0.15) is 5.65 Å². The molecule has 1 N–H and O–H groups in total. The average Bonchev–Trinajstić information content (AvgIpc) is 3.51. The molecule has 33 heavy (non-hydrogen) atoms. The van der Waals surface area contributed by atoms with Crippen LogP contribution in [0.25, 0.3) is 42.8 Å². The third-order valence-electron chi connectivity index (χ3n) is 6.03. The first kappa shape index (κ1) is 20.1. The Bertz CT molecular complexity index is 1440. The largest absolute Gasteiger partial charge is 0.467 e. The number of hydrogen-bond acceptors (Lipinski definition) is 8. The molecule has 9 heteroatoms. The maximum absolute atomic E-state index is 5.68. The van der Waals surface area contributed by atoms with Gasteiger partial charge >= 0.3 is 6.01 Å². The van der Waals surface area contributed by atoms with Gasteiger partial charge in [-0.05, 0) is 25.1 Å². The highest BCUT2D eigenvalue weighted by Gasteiger charge is 2.24. The summed E-state index contributed by atoms with van der Waals surface area (Å²) in [5.74, 6) is 0. The van der Waals surface area contributed by atoms with E-state index in [0.717, 1.165) is 44.8 Å². The normalized spacial score (nSPS) is 16.5. The number of thiophene rings is 1. The number of morpholine rings is 1. The number of pyridine rings is 2. The van der Waals surface area contributed by atoms with Crippen molar-refractivity contribution in [3.63, 3.8) is 0 Å². The highest BCUT2D eigenvalue weighted by atomic mass is 32.1. The topological polar surface area (TPSA) is 89.0 Å². The van der Waals surface area contributed by atoms with Gasteiger partial charge in [-0.25, -0.2) is 15.0 Å². The van der Waals surface area contributed by atoms with Crippen LogP contribution in [0.3, 0.4) is 0 Å². The molecule has 166 valence electrons. The Morgan fingerprint density at radius 2 is 2.00 bits per heavy atom. The maximum Gasteiger partial charge on any atom is 0.316 e. The van der Waals surface area contributed by atoms with Gasteiger partial charge in [0, 0.05) is 64.2 Å². The fraction of sp³-hybridized carbons (Fsp3) is 0.250. The predicted molar refractivity (Wildman–Crippen MR) is 130 cm³/mol. The highest BCUT2D eigenvalue weighted by molar-refractivity contribution is 7.23. The van der Waals surface area contributed by atoms with Crippen LogP contribution in [0.2, 0.25) is 0 Å². The van der Waals surface area contributed by atoms with E-state index in [1.165, 1.54) is 10.3 Å². The average molecular weight is 459 g/mol. The number of fused-ring (bicyclic) bond motifs is 2. The van der Waals surface area contributed by atoms with Crippen molar-refractivity contribution in [2.24, 2.45) is 0 Å². The number of nitrogens with one attached hydrogen (secondary N) is 1. The molecule has 5 aromatic heterocycles. The number of hydrogen-bond donors (Lipinski definition) is 1. The lowest BCUT2D eigenvalue weighted by Crippen LogP contribution is -2.43. The van der Waals surface area contributed by atoms with Crippen molar-refractivity contribution in [2.75, 3.05) is 31.8 Å². The summed E-state index contributed by atoms with van der Waals surface area (Å²) >= 11 is 1.73. The van der Waals surface area contributed by atoms with Crippen molar-refractivity contribution in [1.82, 2.24) is 24.9 Å². The van der Waals surface area contributed by atoms with Crippen molar-refractivity contribution < 1.29 is 9.47 Å². The Balaban J connectivity index is 1.57. The van der Waals surface area contributed by atoms with E-state index < -0.39 is 0 Å². The van der Waals surface area contributed by atoms with E-state index in [1.54, 1.807) is 30.8 Å². The highest BCUT2D eigenvalue weighted by Crippen LogP contribution is 2.44. The number of aromatic amines is 1. The van der Waals surface area contributed by atoms with Gasteiger partial charge in [0.25, 0.3) is 0 Å². The summed E-state index contributed by atoms with van der Waals surface area (Å²) in [6, 6.07) is 7.03. The molecule has 8 nitrogen and oxygen atoms in total. The van der Waals surface area contributed by atoms with Crippen molar-refractivity contribution in [3.05, 3.63) is 49.2 Å². The second kappa shape index (κ2) is 8.09. The van der Waals surface area contributed by atoms with Crippen LogP contribution in [0, 0.1) is 0 Å². The minimum atomic E-state index is 0.277. The first-order valence-electron chi connectivity index (χ1n) is 10.8. The van der Waals surface area contributed by atoms with Crippen LogP contribution in [-0.4, -0.2) is 57.8 Å². The summed E-state index contributed by atoms with van der Waals surface area (Å²) in [5, 5.41) is 2.28. The zero-order chi connectivity index (χ0) is 22.4. The molecular formula is C24H22N6O2S. The van der Waals surface area contributed by atoms with Gasteiger partial charge in [-0.3, -0.25) is 4.98 Å². The fourth-order valence-electron chi connectivity index (χ4n) is 4.38. The smallest absolute Gasteiger partial charge is 0.316 e. The fourth-order valence-corrected chi connectivity index (χ4v) is 5.61. The van der Waals surface area contributed by atoms with Crippen LogP contribution in [0.5, 0.6) is 6.01 Å². The zero-order valence-corrected chi connectivity index (χ0v) is 19.1. The standard InChI is InChI=1S/C24H22N6O2S/c1-14-13-32-8-7-30(14)19-12-27-21(15-10-28-24(31-2)29-11-15)22-18(19)9-20(33-22)16-3-5-25-23-17(16)4-6-26-23/h3-6,9-12,14H,7-8,13H2,1-2H3,(H,25,26)/t14-/m1/s1. The number of H-pyrrole nitrogens is 1. The molecule has 0 bridgehead atoms. The summed E-state index contributed by atoms with van der Waals surface area (Å²) < 4.78 is 11.9. The second-order valence-electron chi connectivity index (χ2n) is 8.02. The lowest BCUT2D eigenvalue weighted by molar-refractivity contribution is 0.0990. The molecule has 0 amide bonds. The minimum absolute atomic E-state index is 0.277. The van der Waals surface area contributed by atoms with Gasteiger partial charge in [0.2, 0.25) is 0 Å². The monoisotopic (exact) mass is 458 g/mol. The summed E-state index contributed by atoms with van der Waals surface area (Å²) in [5.41, 5.74) is 4.89. The summed E-state index contributed by atoms with van der Waals surface area (Å²) in [7, 11) is 1.56. The third-order valence-corrected chi connectivity index (χ3v) is 7.20. The van der Waals surface area contributed by atoms with E-state index in [-0.39, 0.29) is 6.04 Å². The molecule has 0 unspecified atom stereocenters. The molecule has 1 fully saturated rings. The molecule has 0 aliphatic carbocycles. The molecule has 0 spiro atoms. The van der Waals surface area contributed by atoms with Crippen molar-refractivity contribution in [1.29, 1.82) is 0 Å².